The number of rotatable bonds is 2. The van der Waals surface area contributed by atoms with Crippen LogP contribution in [0.1, 0.15) is 5.56 Å². The number of fused-ring (bicyclic) bond motifs is 1. The van der Waals surface area contributed by atoms with Crippen molar-refractivity contribution in [1.29, 1.82) is 0 Å². The van der Waals surface area contributed by atoms with Gasteiger partial charge in [-0.3, -0.25) is 4.79 Å². The van der Waals surface area contributed by atoms with Gasteiger partial charge in [-0.05, 0) is 29.3 Å². The lowest BCUT2D eigenvalue weighted by Crippen LogP contribution is -2.14. The van der Waals surface area contributed by atoms with Gasteiger partial charge in [0.05, 0.1) is 17.3 Å². The number of hydrogen-bond donors (Lipinski definition) is 1. The van der Waals surface area contributed by atoms with Crippen molar-refractivity contribution in [3.05, 3.63) is 88.1 Å². The molecule has 0 saturated carbocycles. The van der Waals surface area contributed by atoms with E-state index >= 15 is 0 Å². The Bertz CT molecular complexity index is 1220. The number of benzene rings is 3. The van der Waals surface area contributed by atoms with Crippen LogP contribution in [0.4, 0.5) is 13.2 Å². The Hall–Kier alpha value is -3.41. The van der Waals surface area contributed by atoms with Crippen molar-refractivity contribution < 1.29 is 13.2 Å². The Balaban J connectivity index is 2.00. The second-order valence-electron chi connectivity index (χ2n) is 6.30. The normalized spacial score (nSPS) is 11.1. The number of aromatic amines is 1. The van der Waals surface area contributed by atoms with E-state index in [4.69, 9.17) is 0 Å². The Labute approximate surface area is 152 Å². The predicted molar refractivity (Wildman–Crippen MR) is 97.8 cm³/mol. The third kappa shape index (κ3) is 2.99. The van der Waals surface area contributed by atoms with Crippen molar-refractivity contribution >= 4 is 10.8 Å². The minimum Gasteiger partial charge on any atom is -0.267 e. The first kappa shape index (κ1) is 17.0. The molecule has 4 rings (SSSR count). The highest BCUT2D eigenvalue weighted by molar-refractivity contribution is 5.91. The molecule has 6 heteroatoms. The predicted octanol–water partition coefficient (Wildman–Crippen LogP) is 4.98. The quantitative estimate of drug-likeness (QED) is 0.544. The summed E-state index contributed by atoms with van der Waals surface area (Å²) in [5.74, 6) is -3.36. The zero-order chi connectivity index (χ0) is 19.1. The first-order chi connectivity index (χ1) is 12.9. The summed E-state index contributed by atoms with van der Waals surface area (Å²) in [6.45, 7) is 1.98. The third-order valence-corrected chi connectivity index (χ3v) is 4.42. The van der Waals surface area contributed by atoms with Gasteiger partial charge in [-0.15, -0.1) is 0 Å². The third-order valence-electron chi connectivity index (χ3n) is 4.42. The molecule has 134 valence electrons. The maximum atomic E-state index is 14.3. The summed E-state index contributed by atoms with van der Waals surface area (Å²) in [5.41, 5.74) is 0.351. The van der Waals surface area contributed by atoms with Crippen LogP contribution in [-0.2, 0) is 0 Å². The largest absolute Gasteiger partial charge is 0.272 e. The van der Waals surface area contributed by atoms with E-state index in [0.29, 0.717) is 17.7 Å². The molecule has 4 aromatic rings. The first-order valence-corrected chi connectivity index (χ1v) is 8.17. The van der Waals surface area contributed by atoms with Crippen LogP contribution in [0.3, 0.4) is 0 Å². The van der Waals surface area contributed by atoms with Crippen molar-refractivity contribution in [2.45, 2.75) is 6.92 Å². The summed E-state index contributed by atoms with van der Waals surface area (Å²) >= 11 is 0. The monoisotopic (exact) mass is 366 g/mol. The molecule has 3 nitrogen and oxygen atoms in total. The molecule has 0 bridgehead atoms. The minimum absolute atomic E-state index is 0.230. The molecule has 0 saturated heterocycles. The molecule has 0 amide bonds. The van der Waals surface area contributed by atoms with Gasteiger partial charge in [0.2, 0.25) is 0 Å². The van der Waals surface area contributed by atoms with Gasteiger partial charge in [-0.25, -0.2) is 18.3 Å². The lowest BCUT2D eigenvalue weighted by atomic mass is 9.94. The van der Waals surface area contributed by atoms with Gasteiger partial charge in [-0.2, -0.15) is 5.10 Å². The van der Waals surface area contributed by atoms with E-state index in [1.807, 2.05) is 37.3 Å². The Morgan fingerprint density at radius 1 is 0.852 bits per heavy atom. The van der Waals surface area contributed by atoms with E-state index in [-0.39, 0.29) is 11.1 Å². The second-order valence-corrected chi connectivity index (χ2v) is 6.30. The highest BCUT2D eigenvalue weighted by Crippen LogP contribution is 2.33. The summed E-state index contributed by atoms with van der Waals surface area (Å²) in [7, 11) is 0. The number of aromatic nitrogens is 2. The summed E-state index contributed by atoms with van der Waals surface area (Å²) in [6, 6.07) is 12.4. The van der Waals surface area contributed by atoms with Gasteiger partial charge in [0.15, 0.2) is 0 Å². The van der Waals surface area contributed by atoms with Crippen LogP contribution in [0.5, 0.6) is 0 Å². The van der Waals surface area contributed by atoms with E-state index in [1.54, 1.807) is 6.07 Å². The van der Waals surface area contributed by atoms with Gasteiger partial charge in [0.25, 0.3) is 5.56 Å². The fraction of sp³-hybridized carbons (Fsp3) is 0.0476. The molecular weight excluding hydrogens is 353 g/mol. The Kier molecular flexibility index (Phi) is 4.03. The molecule has 0 aliphatic heterocycles. The van der Waals surface area contributed by atoms with Crippen molar-refractivity contribution in [2.24, 2.45) is 0 Å². The molecule has 0 aliphatic carbocycles. The van der Waals surface area contributed by atoms with Gasteiger partial charge in [0.1, 0.15) is 17.5 Å². The topological polar surface area (TPSA) is 45.8 Å². The fourth-order valence-corrected chi connectivity index (χ4v) is 3.18. The summed E-state index contributed by atoms with van der Waals surface area (Å²) in [6.07, 6.45) is 1.33. The van der Waals surface area contributed by atoms with Gasteiger partial charge < -0.3 is 0 Å². The standard InChI is InChI=1S/C21H13F3N2O/c1-11-2-3-13-7-14(5-4-12(13)6-11)16-10-25-26-21(27)19(16)20-17(23)8-15(22)9-18(20)24/h2-10H,1H3,(H,26,27). The van der Waals surface area contributed by atoms with E-state index in [2.05, 4.69) is 10.2 Å². The van der Waals surface area contributed by atoms with Crippen LogP contribution in [0.15, 0.2) is 59.5 Å². The molecule has 3 aromatic carbocycles. The molecule has 0 unspecified atom stereocenters. The Morgan fingerprint density at radius 3 is 2.26 bits per heavy atom. The summed E-state index contributed by atoms with van der Waals surface area (Å²) in [4.78, 5) is 12.4. The van der Waals surface area contributed by atoms with Crippen molar-refractivity contribution in [3.63, 3.8) is 0 Å². The minimum atomic E-state index is -1.15. The highest BCUT2D eigenvalue weighted by atomic mass is 19.1. The SMILES string of the molecule is Cc1ccc2cc(-c3cn[nH]c(=O)c3-c3c(F)cc(F)cc3F)ccc2c1. The summed E-state index contributed by atoms with van der Waals surface area (Å²) in [5, 5.41) is 7.86. The number of hydrogen-bond acceptors (Lipinski definition) is 2. The average molecular weight is 366 g/mol. The number of H-pyrrole nitrogens is 1. The molecule has 0 fully saturated rings. The van der Waals surface area contributed by atoms with E-state index < -0.39 is 28.6 Å². The fourth-order valence-electron chi connectivity index (χ4n) is 3.18. The van der Waals surface area contributed by atoms with Crippen LogP contribution in [0.2, 0.25) is 0 Å². The molecule has 0 radical (unpaired) electrons. The maximum absolute atomic E-state index is 14.3. The average Bonchev–Trinajstić information content (AvgIpc) is 2.62. The van der Waals surface area contributed by atoms with Crippen LogP contribution in [-0.4, -0.2) is 10.2 Å². The van der Waals surface area contributed by atoms with Gasteiger partial charge >= 0.3 is 0 Å². The molecule has 1 heterocycles. The van der Waals surface area contributed by atoms with E-state index in [9.17, 15) is 18.0 Å². The van der Waals surface area contributed by atoms with Crippen LogP contribution in [0.25, 0.3) is 33.0 Å². The lowest BCUT2D eigenvalue weighted by Gasteiger charge is -2.11. The lowest BCUT2D eigenvalue weighted by molar-refractivity contribution is 0.547. The van der Waals surface area contributed by atoms with Crippen molar-refractivity contribution in [2.75, 3.05) is 0 Å². The molecule has 1 N–H and O–H groups in total. The van der Waals surface area contributed by atoms with Crippen molar-refractivity contribution in [1.82, 2.24) is 10.2 Å². The maximum Gasteiger partial charge on any atom is 0.272 e. The summed E-state index contributed by atoms with van der Waals surface area (Å²) < 4.78 is 41.9. The number of nitrogens with zero attached hydrogens (tertiary/aromatic N) is 1. The van der Waals surface area contributed by atoms with Gasteiger partial charge in [-0.1, -0.05) is 35.9 Å². The molecular formula is C21H13F3N2O. The molecule has 0 atom stereocenters. The zero-order valence-corrected chi connectivity index (χ0v) is 14.2. The number of halogens is 3. The molecule has 0 aliphatic rings. The van der Waals surface area contributed by atoms with Crippen LogP contribution in [0, 0.1) is 24.4 Å². The highest BCUT2D eigenvalue weighted by Gasteiger charge is 2.21. The van der Waals surface area contributed by atoms with Crippen LogP contribution < -0.4 is 5.56 Å². The van der Waals surface area contributed by atoms with Gasteiger partial charge in [0, 0.05) is 17.7 Å². The number of nitrogens with one attached hydrogen (secondary N) is 1. The second kappa shape index (κ2) is 6.39. The molecule has 27 heavy (non-hydrogen) atoms. The zero-order valence-electron chi connectivity index (χ0n) is 14.2. The molecule has 1 aromatic heterocycles. The van der Waals surface area contributed by atoms with Crippen LogP contribution >= 0.6 is 0 Å². The molecule has 0 spiro atoms. The van der Waals surface area contributed by atoms with Crippen molar-refractivity contribution in [3.8, 4) is 22.3 Å². The smallest absolute Gasteiger partial charge is 0.267 e. The van der Waals surface area contributed by atoms with E-state index in [1.165, 1.54) is 6.20 Å². The Morgan fingerprint density at radius 2 is 1.52 bits per heavy atom. The first-order valence-electron chi connectivity index (χ1n) is 8.17. The number of aryl methyl sites for hydroxylation is 1. The van der Waals surface area contributed by atoms with E-state index in [0.717, 1.165) is 16.3 Å².